The average molecular weight is 232 g/mol. The zero-order valence-corrected chi connectivity index (χ0v) is 11.1. The van der Waals surface area contributed by atoms with Gasteiger partial charge in [0.25, 0.3) is 0 Å². The molecule has 1 unspecified atom stereocenters. The van der Waals surface area contributed by atoms with Crippen LogP contribution in [0.5, 0.6) is 0 Å². The summed E-state index contributed by atoms with van der Waals surface area (Å²) in [4.78, 5) is 4.42. The zero-order chi connectivity index (χ0) is 12.1. The van der Waals surface area contributed by atoms with Crippen LogP contribution in [0.4, 0.5) is 0 Å². The van der Waals surface area contributed by atoms with Gasteiger partial charge in [0.05, 0.1) is 0 Å². The van der Waals surface area contributed by atoms with Crippen molar-refractivity contribution in [2.45, 2.75) is 52.0 Å². The van der Waals surface area contributed by atoms with E-state index in [2.05, 4.69) is 29.4 Å². The number of rotatable bonds is 5. The van der Waals surface area contributed by atoms with Crippen molar-refractivity contribution in [2.24, 2.45) is 5.92 Å². The van der Waals surface area contributed by atoms with E-state index in [4.69, 9.17) is 0 Å². The number of hydrogen-bond donors (Lipinski definition) is 1. The Morgan fingerprint density at radius 2 is 2.12 bits per heavy atom. The molecule has 17 heavy (non-hydrogen) atoms. The average Bonchev–Trinajstić information content (AvgIpc) is 2.82. The maximum absolute atomic E-state index is 4.42. The fourth-order valence-corrected chi connectivity index (χ4v) is 2.85. The lowest BCUT2D eigenvalue weighted by Crippen LogP contribution is -2.23. The fourth-order valence-electron chi connectivity index (χ4n) is 2.85. The lowest BCUT2D eigenvalue weighted by Gasteiger charge is -2.21. The number of aryl methyl sites for hydroxylation is 1. The molecule has 1 aromatic heterocycles. The third-order valence-electron chi connectivity index (χ3n) is 3.83. The Kier molecular flexibility index (Phi) is 4.55. The number of hydrogen-bond acceptors (Lipinski definition) is 2. The summed E-state index contributed by atoms with van der Waals surface area (Å²) in [7, 11) is 0. The van der Waals surface area contributed by atoms with Gasteiger partial charge in [-0.15, -0.1) is 0 Å². The van der Waals surface area contributed by atoms with Gasteiger partial charge in [0.15, 0.2) is 0 Å². The molecule has 2 heteroatoms. The molecule has 94 valence electrons. The third-order valence-corrected chi connectivity index (χ3v) is 3.83. The van der Waals surface area contributed by atoms with Gasteiger partial charge in [-0.3, -0.25) is 4.98 Å². The van der Waals surface area contributed by atoms with E-state index < -0.39 is 0 Å². The molecular weight excluding hydrogens is 208 g/mol. The van der Waals surface area contributed by atoms with Gasteiger partial charge in [0.2, 0.25) is 0 Å². The van der Waals surface area contributed by atoms with E-state index in [1.54, 1.807) is 0 Å². The minimum Gasteiger partial charge on any atom is -0.310 e. The van der Waals surface area contributed by atoms with Crippen LogP contribution in [0.15, 0.2) is 18.3 Å². The Bertz CT molecular complexity index is 325. The normalized spacial score (nSPS) is 18.5. The largest absolute Gasteiger partial charge is 0.310 e. The smallest absolute Gasteiger partial charge is 0.0372 e. The van der Waals surface area contributed by atoms with Gasteiger partial charge in [-0.05, 0) is 37.4 Å². The van der Waals surface area contributed by atoms with Crippen molar-refractivity contribution in [2.75, 3.05) is 6.54 Å². The molecule has 0 saturated heterocycles. The van der Waals surface area contributed by atoms with Crippen molar-refractivity contribution in [3.05, 3.63) is 29.6 Å². The first-order valence-electron chi connectivity index (χ1n) is 6.95. The molecule has 0 amide bonds. The van der Waals surface area contributed by atoms with Crippen LogP contribution in [-0.2, 0) is 0 Å². The molecule has 0 spiro atoms. The highest BCUT2D eigenvalue weighted by Gasteiger charge is 2.20. The second-order valence-electron chi connectivity index (χ2n) is 5.23. The van der Waals surface area contributed by atoms with Crippen molar-refractivity contribution in [1.29, 1.82) is 0 Å². The van der Waals surface area contributed by atoms with Gasteiger partial charge in [-0.25, -0.2) is 0 Å². The second-order valence-corrected chi connectivity index (χ2v) is 5.23. The van der Waals surface area contributed by atoms with Gasteiger partial charge >= 0.3 is 0 Å². The Labute approximate surface area is 105 Å². The van der Waals surface area contributed by atoms with Gasteiger partial charge in [-0.1, -0.05) is 38.7 Å². The highest BCUT2D eigenvalue weighted by Crippen LogP contribution is 2.32. The minimum atomic E-state index is 0.496. The number of nitrogens with one attached hydrogen (secondary N) is 1. The van der Waals surface area contributed by atoms with Crippen LogP contribution in [0.1, 0.15) is 56.3 Å². The summed E-state index contributed by atoms with van der Waals surface area (Å²) in [5, 5.41) is 3.61. The molecule has 2 rings (SSSR count). The third kappa shape index (κ3) is 3.53. The topological polar surface area (TPSA) is 24.9 Å². The van der Waals surface area contributed by atoms with E-state index in [0.29, 0.717) is 6.04 Å². The van der Waals surface area contributed by atoms with Crippen molar-refractivity contribution in [3.63, 3.8) is 0 Å². The summed E-state index contributed by atoms with van der Waals surface area (Å²) < 4.78 is 0. The van der Waals surface area contributed by atoms with E-state index in [1.165, 1.54) is 37.7 Å². The summed E-state index contributed by atoms with van der Waals surface area (Å²) >= 11 is 0. The predicted molar refractivity (Wildman–Crippen MR) is 72.0 cm³/mol. The quantitative estimate of drug-likeness (QED) is 0.838. The van der Waals surface area contributed by atoms with Crippen molar-refractivity contribution in [1.82, 2.24) is 10.3 Å². The van der Waals surface area contributed by atoms with E-state index in [0.717, 1.165) is 18.2 Å². The maximum atomic E-state index is 4.42. The van der Waals surface area contributed by atoms with Crippen LogP contribution in [0, 0.1) is 12.8 Å². The van der Waals surface area contributed by atoms with Crippen LogP contribution in [0.2, 0.25) is 0 Å². The molecule has 0 aliphatic heterocycles. The van der Waals surface area contributed by atoms with E-state index in [-0.39, 0.29) is 0 Å². The monoisotopic (exact) mass is 232 g/mol. The Morgan fingerprint density at radius 3 is 2.71 bits per heavy atom. The van der Waals surface area contributed by atoms with Crippen LogP contribution in [0.25, 0.3) is 0 Å². The summed E-state index contributed by atoms with van der Waals surface area (Å²) in [5.41, 5.74) is 2.45. The molecular formula is C15H24N2. The molecule has 1 fully saturated rings. The molecule has 1 aromatic rings. The molecule has 1 aliphatic rings. The number of nitrogens with zero attached hydrogens (tertiary/aromatic N) is 1. The van der Waals surface area contributed by atoms with Crippen LogP contribution < -0.4 is 5.32 Å². The minimum absolute atomic E-state index is 0.496. The molecule has 1 heterocycles. The summed E-state index contributed by atoms with van der Waals surface area (Å²) in [6, 6.07) is 4.84. The predicted octanol–water partition coefficient (Wildman–Crippen LogP) is 3.62. The van der Waals surface area contributed by atoms with Gasteiger partial charge < -0.3 is 5.32 Å². The molecule has 0 bridgehead atoms. The highest BCUT2D eigenvalue weighted by atomic mass is 14.9. The molecule has 0 aromatic carbocycles. The van der Waals surface area contributed by atoms with Crippen molar-refractivity contribution >= 4 is 0 Å². The molecule has 1 saturated carbocycles. The van der Waals surface area contributed by atoms with Crippen molar-refractivity contribution < 1.29 is 0 Å². The lowest BCUT2D eigenvalue weighted by atomic mass is 9.94. The van der Waals surface area contributed by atoms with Gasteiger partial charge in [0, 0.05) is 17.9 Å². The molecule has 1 aliphatic carbocycles. The highest BCUT2D eigenvalue weighted by molar-refractivity contribution is 5.17. The maximum Gasteiger partial charge on any atom is 0.0372 e. The SMILES string of the molecule is CCNC(CC1CCCC1)c1ccc(C)nc1. The zero-order valence-electron chi connectivity index (χ0n) is 11.1. The first-order valence-corrected chi connectivity index (χ1v) is 6.95. The van der Waals surface area contributed by atoms with Crippen LogP contribution in [0.3, 0.4) is 0 Å². The van der Waals surface area contributed by atoms with Crippen LogP contribution >= 0.6 is 0 Å². The Morgan fingerprint density at radius 1 is 1.35 bits per heavy atom. The lowest BCUT2D eigenvalue weighted by molar-refractivity contribution is 0.400. The molecule has 0 radical (unpaired) electrons. The van der Waals surface area contributed by atoms with E-state index in [1.807, 2.05) is 13.1 Å². The van der Waals surface area contributed by atoms with Gasteiger partial charge in [0.1, 0.15) is 0 Å². The summed E-state index contributed by atoms with van der Waals surface area (Å²) in [6.45, 7) is 5.26. The molecule has 2 nitrogen and oxygen atoms in total. The number of pyridine rings is 1. The second kappa shape index (κ2) is 6.15. The molecule has 1 N–H and O–H groups in total. The molecule has 1 atom stereocenters. The van der Waals surface area contributed by atoms with E-state index >= 15 is 0 Å². The summed E-state index contributed by atoms with van der Waals surface area (Å²) in [5.74, 6) is 0.917. The first kappa shape index (κ1) is 12.6. The standard InChI is InChI=1S/C15H24N2/c1-3-16-15(10-13-6-4-5-7-13)14-9-8-12(2)17-11-14/h8-9,11,13,15-16H,3-7,10H2,1-2H3. The van der Waals surface area contributed by atoms with E-state index in [9.17, 15) is 0 Å². The first-order chi connectivity index (χ1) is 8.29. The van der Waals surface area contributed by atoms with Crippen molar-refractivity contribution in [3.8, 4) is 0 Å². The fraction of sp³-hybridized carbons (Fsp3) is 0.667. The Hall–Kier alpha value is -0.890. The number of aromatic nitrogens is 1. The Balaban J connectivity index is 2.02. The summed E-state index contributed by atoms with van der Waals surface area (Å²) in [6.07, 6.45) is 9.00. The van der Waals surface area contributed by atoms with Crippen LogP contribution in [-0.4, -0.2) is 11.5 Å². The van der Waals surface area contributed by atoms with Gasteiger partial charge in [-0.2, -0.15) is 0 Å².